The average Bonchev–Trinajstić information content (AvgIpc) is 3.45. The number of rotatable bonds is 13. The summed E-state index contributed by atoms with van der Waals surface area (Å²) in [4.78, 5) is 15.1. The third kappa shape index (κ3) is 7.43. The van der Waals surface area contributed by atoms with Crippen molar-refractivity contribution in [1.82, 2.24) is 24.2 Å². The number of aliphatic hydroxyl groups excluding tert-OH is 1. The summed E-state index contributed by atoms with van der Waals surface area (Å²) in [6.45, 7) is 10.1. The number of benzene rings is 3. The minimum absolute atomic E-state index is 0.0250. The Kier molecular flexibility index (Phi) is 10.5. The van der Waals surface area contributed by atoms with Crippen molar-refractivity contribution in [3.05, 3.63) is 81.9 Å². The molecule has 0 fully saturated rings. The van der Waals surface area contributed by atoms with E-state index in [1.54, 1.807) is 13.8 Å². The monoisotopic (exact) mass is 665 g/mol. The summed E-state index contributed by atoms with van der Waals surface area (Å²) < 4.78 is 40.5. The molecule has 1 aliphatic rings. The van der Waals surface area contributed by atoms with Crippen LogP contribution in [0, 0.1) is 13.8 Å². The van der Waals surface area contributed by atoms with Crippen LogP contribution in [-0.2, 0) is 32.9 Å². The van der Waals surface area contributed by atoms with Gasteiger partial charge in [-0.05, 0) is 93.2 Å². The van der Waals surface area contributed by atoms with Crippen molar-refractivity contribution in [2.24, 2.45) is 0 Å². The Bertz CT molecular complexity index is 1860. The molecule has 0 radical (unpaired) electrons. The minimum Gasteiger partial charge on any atom is -0.508 e. The van der Waals surface area contributed by atoms with E-state index < -0.39 is 22.3 Å². The molecule has 2 atom stereocenters. The summed E-state index contributed by atoms with van der Waals surface area (Å²) in [5.74, 6) is -0.517. The third-order valence-corrected chi connectivity index (χ3v) is 10.3. The van der Waals surface area contributed by atoms with Gasteiger partial charge in [0.05, 0.1) is 31.1 Å². The van der Waals surface area contributed by atoms with Crippen LogP contribution in [0.2, 0.25) is 0 Å². The molecule has 1 aliphatic heterocycles. The highest BCUT2D eigenvalue weighted by molar-refractivity contribution is 7.84. The number of nitrogens with zero attached hydrogens (tertiary/aromatic N) is 5. The van der Waals surface area contributed by atoms with E-state index in [-0.39, 0.29) is 43.6 Å². The number of phenolic OH excluding ortho intramolecular Hbond substituents is 1. The Morgan fingerprint density at radius 1 is 1.11 bits per heavy atom. The van der Waals surface area contributed by atoms with Crippen LogP contribution in [0.4, 0.5) is 0 Å². The first-order valence-electron chi connectivity index (χ1n) is 15.8. The average molecular weight is 666 g/mol. The van der Waals surface area contributed by atoms with Crippen LogP contribution in [0.5, 0.6) is 11.5 Å². The number of ether oxygens (including phenoxy) is 1. The highest BCUT2D eigenvalue weighted by Crippen LogP contribution is 2.39. The van der Waals surface area contributed by atoms with E-state index in [1.165, 1.54) is 22.5 Å². The number of aromatic nitrogens is 3. The molecular weight excluding hydrogens is 622 g/mol. The van der Waals surface area contributed by atoms with Gasteiger partial charge in [0.1, 0.15) is 17.0 Å². The number of fused-ring (bicyclic) bond motifs is 2. The lowest BCUT2D eigenvalue weighted by molar-refractivity contribution is -0.143. The second kappa shape index (κ2) is 14.4. The topological polar surface area (TPSA) is 147 Å². The Morgan fingerprint density at radius 3 is 2.64 bits per heavy atom. The number of aliphatic hydroxyl groups is 1. The van der Waals surface area contributed by atoms with E-state index in [0.29, 0.717) is 18.5 Å². The Morgan fingerprint density at radius 2 is 1.89 bits per heavy atom. The standard InChI is InChI=1S/C34H43N5O7S/c1-6-45-33(42)20-30(28-11-12-31-34(23(28)3)35-36-38(31)16-15-37(5)14-7-17-40)25-9-8-22(2)29(19-25)24(4)39-21-26-18-27(41)10-13-32(26)46-47(39,43)44/h8-13,18-19,24,30,40-41H,6-7,14-17,20-21H2,1-5H3/t24-,30?/m1/s1. The maximum absolute atomic E-state index is 13.3. The van der Waals surface area contributed by atoms with Crippen molar-refractivity contribution in [3.63, 3.8) is 0 Å². The van der Waals surface area contributed by atoms with Crippen LogP contribution in [0.15, 0.2) is 48.5 Å². The summed E-state index contributed by atoms with van der Waals surface area (Å²) >= 11 is 0. The van der Waals surface area contributed by atoms with Gasteiger partial charge >= 0.3 is 16.3 Å². The van der Waals surface area contributed by atoms with Gasteiger partial charge in [0, 0.05) is 37.7 Å². The number of hydrogen-bond donors (Lipinski definition) is 2. The number of aromatic hydroxyl groups is 1. The van der Waals surface area contributed by atoms with Gasteiger partial charge in [-0.25, -0.2) is 4.68 Å². The van der Waals surface area contributed by atoms with Crippen LogP contribution in [0.1, 0.15) is 72.0 Å². The largest absolute Gasteiger partial charge is 0.508 e. The summed E-state index contributed by atoms with van der Waals surface area (Å²) in [7, 11) is -2.12. The molecule has 1 aromatic heterocycles. The molecule has 0 amide bonds. The van der Waals surface area contributed by atoms with Gasteiger partial charge in [-0.15, -0.1) is 5.10 Å². The lowest BCUT2D eigenvalue weighted by Gasteiger charge is -2.33. The van der Waals surface area contributed by atoms with E-state index >= 15 is 0 Å². The number of hydrogen-bond acceptors (Lipinski definition) is 10. The minimum atomic E-state index is -4.12. The van der Waals surface area contributed by atoms with Gasteiger partial charge in [-0.1, -0.05) is 29.5 Å². The van der Waals surface area contributed by atoms with Gasteiger partial charge < -0.3 is 24.0 Å². The molecule has 3 aromatic carbocycles. The number of carbonyl (C=O) groups excluding carboxylic acids is 1. The van der Waals surface area contributed by atoms with Gasteiger partial charge in [0.2, 0.25) is 0 Å². The Hall–Kier alpha value is -4.04. The highest BCUT2D eigenvalue weighted by Gasteiger charge is 2.37. The molecule has 13 heteroatoms. The second-order valence-electron chi connectivity index (χ2n) is 12.1. The van der Waals surface area contributed by atoms with Crippen LogP contribution < -0.4 is 4.18 Å². The molecule has 1 unspecified atom stereocenters. The van der Waals surface area contributed by atoms with Gasteiger partial charge in [-0.2, -0.15) is 12.7 Å². The van der Waals surface area contributed by atoms with Gasteiger partial charge in [-0.3, -0.25) is 4.79 Å². The van der Waals surface area contributed by atoms with Crippen molar-refractivity contribution in [2.75, 3.05) is 33.4 Å². The maximum Gasteiger partial charge on any atom is 0.386 e. The van der Waals surface area contributed by atoms with E-state index in [2.05, 4.69) is 15.2 Å². The zero-order valence-corrected chi connectivity index (χ0v) is 28.3. The van der Waals surface area contributed by atoms with Crippen LogP contribution >= 0.6 is 0 Å². The predicted molar refractivity (Wildman–Crippen MR) is 177 cm³/mol. The molecule has 0 spiro atoms. The molecular formula is C34H43N5O7S. The Labute approximate surface area is 275 Å². The van der Waals surface area contributed by atoms with E-state index in [0.717, 1.165) is 51.9 Å². The molecule has 2 heterocycles. The van der Waals surface area contributed by atoms with E-state index in [9.17, 15) is 18.3 Å². The fourth-order valence-corrected chi connectivity index (χ4v) is 7.51. The normalized spacial score (nSPS) is 15.7. The molecule has 2 N–H and O–H groups in total. The summed E-state index contributed by atoms with van der Waals surface area (Å²) in [5, 5.41) is 28.1. The Balaban J connectivity index is 1.50. The predicted octanol–water partition coefficient (Wildman–Crippen LogP) is 4.35. The first-order chi connectivity index (χ1) is 22.4. The molecule has 0 saturated carbocycles. The number of aryl methyl sites for hydroxylation is 2. The molecule has 47 heavy (non-hydrogen) atoms. The third-order valence-electron chi connectivity index (χ3n) is 8.87. The summed E-state index contributed by atoms with van der Waals surface area (Å²) in [5.41, 5.74) is 6.47. The van der Waals surface area contributed by atoms with Gasteiger partial charge in [0.25, 0.3) is 0 Å². The van der Waals surface area contributed by atoms with Crippen molar-refractivity contribution in [1.29, 1.82) is 0 Å². The number of likely N-dealkylation sites (N-methyl/N-ethyl adjacent to an activating group) is 1. The summed E-state index contributed by atoms with van der Waals surface area (Å²) in [6, 6.07) is 13.6. The first kappa shape index (κ1) is 34.3. The molecule has 12 nitrogen and oxygen atoms in total. The van der Waals surface area contributed by atoms with Crippen molar-refractivity contribution in [3.8, 4) is 11.5 Å². The quantitative estimate of drug-likeness (QED) is 0.198. The van der Waals surface area contributed by atoms with Gasteiger partial charge in [0.15, 0.2) is 0 Å². The number of phenols is 1. The fraction of sp³-hybridized carbons (Fsp3) is 0.441. The van der Waals surface area contributed by atoms with Crippen LogP contribution in [-0.4, -0.2) is 82.2 Å². The van der Waals surface area contributed by atoms with Crippen molar-refractivity contribution < 1.29 is 32.3 Å². The van der Waals surface area contributed by atoms with Crippen molar-refractivity contribution >= 4 is 27.3 Å². The molecule has 4 aromatic rings. The maximum atomic E-state index is 13.3. The molecule has 0 saturated heterocycles. The molecule has 0 bridgehead atoms. The highest BCUT2D eigenvalue weighted by atomic mass is 32.2. The second-order valence-corrected chi connectivity index (χ2v) is 13.6. The first-order valence-corrected chi connectivity index (χ1v) is 17.2. The van der Waals surface area contributed by atoms with Crippen LogP contribution in [0.3, 0.4) is 0 Å². The number of carbonyl (C=O) groups is 1. The summed E-state index contributed by atoms with van der Waals surface area (Å²) in [6.07, 6.45) is 0.789. The SMILES string of the molecule is CCOC(=O)CC(c1ccc(C)c([C@@H](C)N2Cc3cc(O)ccc3OS2(=O)=O)c1)c1ccc2c(nnn2CCN(C)CCCO)c1C. The van der Waals surface area contributed by atoms with E-state index in [1.807, 2.05) is 55.9 Å². The lowest BCUT2D eigenvalue weighted by atomic mass is 9.83. The molecule has 5 rings (SSSR count). The lowest BCUT2D eigenvalue weighted by Crippen LogP contribution is -2.39. The fourth-order valence-electron chi connectivity index (χ4n) is 6.23. The zero-order chi connectivity index (χ0) is 33.9. The molecule has 252 valence electrons. The zero-order valence-electron chi connectivity index (χ0n) is 27.5. The van der Waals surface area contributed by atoms with Crippen molar-refractivity contribution in [2.45, 2.75) is 65.6 Å². The molecule has 0 aliphatic carbocycles. The van der Waals surface area contributed by atoms with E-state index in [4.69, 9.17) is 14.0 Å². The van der Waals surface area contributed by atoms with Crippen LogP contribution in [0.25, 0.3) is 11.0 Å². The smallest absolute Gasteiger partial charge is 0.386 e. The number of esters is 1.